The average Bonchev–Trinajstić information content (AvgIpc) is 3.07. The molecular formula is C17H19FIN5O6. The molecule has 0 fully saturated rings. The molecule has 2 aromatic heterocycles. The lowest BCUT2D eigenvalue weighted by atomic mass is 9.79. The van der Waals surface area contributed by atoms with Crippen molar-refractivity contribution >= 4 is 40.5 Å². The molecule has 0 amide bonds. The van der Waals surface area contributed by atoms with Crippen molar-refractivity contribution in [3.8, 4) is 0 Å². The molecule has 0 saturated carbocycles. The minimum atomic E-state index is -2.65. The lowest BCUT2D eigenvalue weighted by molar-refractivity contribution is -0.159. The lowest BCUT2D eigenvalue weighted by Crippen LogP contribution is -2.47. The van der Waals surface area contributed by atoms with Crippen molar-refractivity contribution in [1.29, 1.82) is 0 Å². The summed E-state index contributed by atoms with van der Waals surface area (Å²) >= 11 is 1.82. The number of carboxylic acid groups (broad SMARTS) is 2. The van der Waals surface area contributed by atoms with Crippen LogP contribution in [0.5, 0.6) is 0 Å². The second kappa shape index (κ2) is 8.97. The van der Waals surface area contributed by atoms with Gasteiger partial charge in [-0.15, -0.1) is 10.2 Å². The minimum Gasteiger partial charge on any atom is -0.480 e. The van der Waals surface area contributed by atoms with E-state index in [2.05, 4.69) is 20.5 Å². The molecule has 0 saturated heterocycles. The van der Waals surface area contributed by atoms with Gasteiger partial charge in [0.05, 0.1) is 18.4 Å². The van der Waals surface area contributed by atoms with Crippen molar-refractivity contribution in [2.75, 3.05) is 0 Å². The number of carbonyl (C=O) groups excluding carboxylic acids is 1. The second-order valence-electron chi connectivity index (χ2n) is 7.39. The van der Waals surface area contributed by atoms with Crippen molar-refractivity contribution in [1.82, 2.24) is 25.2 Å². The molecular weight excluding hydrogens is 516 g/mol. The first-order valence-corrected chi connectivity index (χ1v) is 9.67. The Balaban J connectivity index is 2.22. The number of aliphatic carboxylic acids is 2. The minimum absolute atomic E-state index is 0.164. The summed E-state index contributed by atoms with van der Waals surface area (Å²) in [5.41, 5.74) is -3.98. The number of halogens is 2. The Labute approximate surface area is 183 Å². The topological polar surface area (TPSA) is 157 Å². The van der Waals surface area contributed by atoms with Crippen LogP contribution in [0.2, 0.25) is 0 Å². The molecule has 30 heavy (non-hydrogen) atoms. The number of carbonyl (C=O) groups is 3. The van der Waals surface area contributed by atoms with Crippen LogP contribution in [0.3, 0.4) is 0 Å². The zero-order valence-corrected chi connectivity index (χ0v) is 18.4. The van der Waals surface area contributed by atoms with E-state index in [1.807, 2.05) is 22.6 Å². The zero-order valence-electron chi connectivity index (χ0n) is 16.2. The van der Waals surface area contributed by atoms with Crippen molar-refractivity contribution in [2.24, 2.45) is 0 Å². The molecule has 0 aromatic carbocycles. The molecule has 0 spiro atoms. The Morgan fingerprint density at radius 2 is 1.80 bits per heavy atom. The van der Waals surface area contributed by atoms with Gasteiger partial charge in [0.2, 0.25) is 5.41 Å². The summed E-state index contributed by atoms with van der Waals surface area (Å²) in [6.07, 6.45) is -1.77. The highest BCUT2D eigenvalue weighted by atomic mass is 127. The Morgan fingerprint density at radius 3 is 2.30 bits per heavy atom. The second-order valence-corrected chi connectivity index (χ2v) is 8.49. The number of alkyl halides is 1. The maximum Gasteiger partial charge on any atom is 0.361 e. The number of carboxylic acids is 2. The van der Waals surface area contributed by atoms with Gasteiger partial charge in [-0.1, -0.05) is 5.21 Å². The van der Waals surface area contributed by atoms with Crippen LogP contribution in [-0.4, -0.2) is 65.1 Å². The van der Waals surface area contributed by atoms with Gasteiger partial charge in [-0.3, -0.25) is 9.59 Å². The summed E-state index contributed by atoms with van der Waals surface area (Å²) in [6, 6.07) is 2.56. The van der Waals surface area contributed by atoms with Gasteiger partial charge in [-0.2, -0.15) is 5.10 Å². The maximum atomic E-state index is 14.8. The van der Waals surface area contributed by atoms with E-state index in [1.165, 1.54) is 12.1 Å². The molecule has 1 atom stereocenters. The SMILES string of the molecule is CC(C)(C)OC(=O)c1cn(CC(F)CC(C(=O)O)(C(=O)O)c2ccc(I)nn2)nn1. The molecule has 162 valence electrons. The molecule has 11 nitrogen and oxygen atoms in total. The number of aromatic nitrogens is 5. The van der Waals surface area contributed by atoms with Crippen LogP contribution in [0, 0.1) is 3.70 Å². The summed E-state index contributed by atoms with van der Waals surface area (Å²) in [5.74, 6) is -4.31. The van der Waals surface area contributed by atoms with Crippen LogP contribution in [0.4, 0.5) is 4.39 Å². The molecule has 2 rings (SSSR count). The maximum absolute atomic E-state index is 14.8. The van der Waals surface area contributed by atoms with Gasteiger partial charge in [0, 0.05) is 6.42 Å². The van der Waals surface area contributed by atoms with Gasteiger partial charge < -0.3 is 14.9 Å². The van der Waals surface area contributed by atoms with Crippen molar-refractivity contribution in [3.63, 3.8) is 0 Å². The number of nitrogens with zero attached hydrogens (tertiary/aromatic N) is 5. The molecule has 0 aliphatic rings. The quantitative estimate of drug-likeness (QED) is 0.288. The first-order valence-electron chi connectivity index (χ1n) is 8.59. The molecule has 0 radical (unpaired) electrons. The Kier molecular flexibility index (Phi) is 7.05. The van der Waals surface area contributed by atoms with Gasteiger partial charge in [0.15, 0.2) is 5.69 Å². The van der Waals surface area contributed by atoms with Crippen molar-refractivity contribution in [2.45, 2.75) is 50.9 Å². The number of ether oxygens (including phenoxy) is 1. The van der Waals surface area contributed by atoms with Crippen LogP contribution in [0.25, 0.3) is 0 Å². The molecule has 0 aliphatic carbocycles. The van der Waals surface area contributed by atoms with Gasteiger partial charge in [-0.25, -0.2) is 13.9 Å². The first kappa shape index (κ1) is 23.6. The van der Waals surface area contributed by atoms with Crippen LogP contribution < -0.4 is 0 Å². The number of hydrogen-bond acceptors (Lipinski definition) is 8. The summed E-state index contributed by atoms with van der Waals surface area (Å²) < 4.78 is 21.3. The van der Waals surface area contributed by atoms with Gasteiger partial charge in [0.25, 0.3) is 0 Å². The predicted octanol–water partition coefficient (Wildman–Crippen LogP) is 1.46. The summed E-state index contributed by atoms with van der Waals surface area (Å²) in [6.45, 7) is 4.46. The van der Waals surface area contributed by atoms with Crippen LogP contribution in [0.1, 0.15) is 43.4 Å². The molecule has 13 heteroatoms. The Morgan fingerprint density at radius 1 is 1.17 bits per heavy atom. The van der Waals surface area contributed by atoms with E-state index in [4.69, 9.17) is 4.74 Å². The monoisotopic (exact) mass is 535 g/mol. The van der Waals surface area contributed by atoms with Gasteiger partial charge in [-0.05, 0) is 55.5 Å². The Hall–Kier alpha value is -2.71. The molecule has 0 aliphatic heterocycles. The summed E-state index contributed by atoms with van der Waals surface area (Å²) in [7, 11) is 0. The fourth-order valence-corrected chi connectivity index (χ4v) is 2.83. The number of hydrogen-bond donors (Lipinski definition) is 2. The van der Waals surface area contributed by atoms with Gasteiger partial charge >= 0.3 is 17.9 Å². The predicted molar refractivity (Wildman–Crippen MR) is 106 cm³/mol. The fourth-order valence-electron chi connectivity index (χ4n) is 2.54. The van der Waals surface area contributed by atoms with E-state index in [-0.39, 0.29) is 5.69 Å². The van der Waals surface area contributed by atoms with Crippen molar-refractivity contribution < 1.29 is 33.7 Å². The van der Waals surface area contributed by atoms with Crippen LogP contribution >= 0.6 is 22.6 Å². The van der Waals surface area contributed by atoms with E-state index >= 15 is 0 Å². The van der Waals surface area contributed by atoms with Crippen molar-refractivity contribution in [3.05, 3.63) is 33.4 Å². The average molecular weight is 535 g/mol. The van der Waals surface area contributed by atoms with E-state index in [9.17, 15) is 29.0 Å². The Bertz CT molecular complexity index is 929. The van der Waals surface area contributed by atoms with E-state index < -0.39 is 53.8 Å². The van der Waals surface area contributed by atoms with Crippen LogP contribution in [-0.2, 0) is 26.3 Å². The van der Waals surface area contributed by atoms with Gasteiger partial charge in [0.1, 0.15) is 15.5 Å². The third-order valence-corrected chi connectivity index (χ3v) is 4.43. The number of esters is 1. The molecule has 2 heterocycles. The molecule has 0 bridgehead atoms. The smallest absolute Gasteiger partial charge is 0.361 e. The van der Waals surface area contributed by atoms with E-state index in [0.29, 0.717) is 3.70 Å². The summed E-state index contributed by atoms with van der Waals surface area (Å²) in [5, 5.41) is 33.7. The molecule has 1 unspecified atom stereocenters. The molecule has 2 N–H and O–H groups in total. The zero-order chi connectivity index (χ0) is 22.7. The lowest BCUT2D eigenvalue weighted by Gasteiger charge is -2.25. The third kappa shape index (κ3) is 5.46. The third-order valence-electron chi connectivity index (χ3n) is 3.86. The highest BCUT2D eigenvalue weighted by Crippen LogP contribution is 2.31. The van der Waals surface area contributed by atoms with E-state index in [1.54, 1.807) is 20.8 Å². The highest BCUT2D eigenvalue weighted by molar-refractivity contribution is 14.1. The molecule has 2 aromatic rings. The first-order chi connectivity index (χ1) is 13.8. The number of rotatable bonds is 8. The summed E-state index contributed by atoms with van der Waals surface area (Å²) in [4.78, 5) is 35.7. The standard InChI is InChI=1S/C17H19FIN5O6/c1-16(2,3)30-13(25)10-8-24(23-20-10)7-9(18)6-17(14(26)27,15(28)29)11-4-5-12(19)22-21-11/h4-5,8-9H,6-7H2,1-3H3,(H,26,27)(H,28,29). The van der Waals surface area contributed by atoms with Crippen LogP contribution in [0.15, 0.2) is 18.3 Å². The van der Waals surface area contributed by atoms with E-state index in [0.717, 1.165) is 10.9 Å². The largest absolute Gasteiger partial charge is 0.480 e. The fraction of sp³-hybridized carbons (Fsp3) is 0.471. The normalized spacial score (nSPS) is 13.0. The highest BCUT2D eigenvalue weighted by Gasteiger charge is 2.52.